The number of nitrogens with one attached hydrogen (secondary N) is 1. The van der Waals surface area contributed by atoms with E-state index in [2.05, 4.69) is 28.2 Å². The lowest BCUT2D eigenvalue weighted by atomic mass is 10.1. The van der Waals surface area contributed by atoms with Gasteiger partial charge >= 0.3 is 0 Å². The molecule has 1 atom stereocenters. The van der Waals surface area contributed by atoms with Gasteiger partial charge in [-0.3, -0.25) is 0 Å². The highest BCUT2D eigenvalue weighted by molar-refractivity contribution is 9.10. The van der Waals surface area contributed by atoms with Crippen molar-refractivity contribution in [3.8, 4) is 5.75 Å². The Bertz CT molecular complexity index is 574. The first kappa shape index (κ1) is 15.9. The first-order valence-electron chi connectivity index (χ1n) is 7.08. The lowest BCUT2D eigenvalue weighted by Gasteiger charge is -2.19. The van der Waals surface area contributed by atoms with Crippen LogP contribution in [0.4, 0.5) is 5.69 Å². The fraction of sp³-hybridized carbons (Fsp3) is 0.294. The van der Waals surface area contributed by atoms with E-state index in [1.165, 1.54) is 0 Å². The molecule has 0 radical (unpaired) electrons. The second-order valence-corrected chi connectivity index (χ2v) is 5.73. The molecule has 0 aromatic heterocycles. The molecule has 0 heterocycles. The Morgan fingerprint density at radius 3 is 2.71 bits per heavy atom. The van der Waals surface area contributed by atoms with Crippen LogP contribution in [0.2, 0.25) is 0 Å². The molecule has 4 heteroatoms. The van der Waals surface area contributed by atoms with Gasteiger partial charge in [-0.15, -0.1) is 0 Å². The number of aliphatic hydroxyl groups excluding tert-OH is 1. The summed E-state index contributed by atoms with van der Waals surface area (Å²) < 4.78 is 6.65. The van der Waals surface area contributed by atoms with Crippen LogP contribution in [-0.2, 0) is 0 Å². The van der Waals surface area contributed by atoms with E-state index in [1.807, 2.05) is 48.5 Å². The Morgan fingerprint density at radius 2 is 2.00 bits per heavy atom. The van der Waals surface area contributed by atoms with Gasteiger partial charge in [-0.2, -0.15) is 0 Å². The number of halogens is 1. The van der Waals surface area contributed by atoms with Gasteiger partial charge in [0, 0.05) is 10.2 Å². The molecule has 21 heavy (non-hydrogen) atoms. The summed E-state index contributed by atoms with van der Waals surface area (Å²) in [6.07, 6.45) is 0.976. The maximum atomic E-state index is 9.66. The summed E-state index contributed by atoms with van der Waals surface area (Å²) in [7, 11) is 0. The summed E-state index contributed by atoms with van der Waals surface area (Å²) in [6.45, 7) is 2.80. The fourth-order valence-corrected chi connectivity index (χ4v) is 2.45. The van der Waals surface area contributed by atoms with Crippen LogP contribution in [0.25, 0.3) is 0 Å². The Morgan fingerprint density at radius 1 is 1.19 bits per heavy atom. The van der Waals surface area contributed by atoms with Crippen molar-refractivity contribution in [3.63, 3.8) is 0 Å². The Labute approximate surface area is 134 Å². The topological polar surface area (TPSA) is 41.5 Å². The Kier molecular flexibility index (Phi) is 6.08. The quantitative estimate of drug-likeness (QED) is 0.779. The van der Waals surface area contributed by atoms with Crippen LogP contribution in [0, 0.1) is 0 Å². The average Bonchev–Trinajstić information content (AvgIpc) is 2.51. The zero-order valence-electron chi connectivity index (χ0n) is 12.1. The molecule has 0 aliphatic rings. The predicted octanol–water partition coefficient (Wildman–Crippen LogP) is 4.38. The first-order valence-corrected chi connectivity index (χ1v) is 7.88. The Balaban J connectivity index is 2.13. The van der Waals surface area contributed by atoms with Crippen LogP contribution >= 0.6 is 15.9 Å². The minimum Gasteiger partial charge on any atom is -0.494 e. The third-order valence-corrected chi connectivity index (χ3v) is 3.57. The maximum Gasteiger partial charge on any atom is 0.119 e. The van der Waals surface area contributed by atoms with Gasteiger partial charge in [0.1, 0.15) is 5.75 Å². The molecule has 2 rings (SSSR count). The summed E-state index contributed by atoms with van der Waals surface area (Å²) >= 11 is 3.45. The van der Waals surface area contributed by atoms with Crippen molar-refractivity contribution in [2.75, 3.05) is 18.5 Å². The van der Waals surface area contributed by atoms with Gasteiger partial charge in [0.15, 0.2) is 0 Å². The molecule has 0 aliphatic carbocycles. The van der Waals surface area contributed by atoms with Gasteiger partial charge in [-0.1, -0.05) is 41.1 Å². The van der Waals surface area contributed by atoms with Crippen molar-refractivity contribution in [1.29, 1.82) is 0 Å². The number of hydrogen-bond donors (Lipinski definition) is 2. The summed E-state index contributed by atoms with van der Waals surface area (Å²) in [6, 6.07) is 15.6. The second kappa shape index (κ2) is 8.05. The second-order valence-electron chi connectivity index (χ2n) is 4.81. The molecule has 0 bridgehead atoms. The molecule has 0 saturated heterocycles. The highest BCUT2D eigenvalue weighted by Crippen LogP contribution is 2.24. The minimum atomic E-state index is -0.163. The molecule has 0 saturated carbocycles. The summed E-state index contributed by atoms with van der Waals surface area (Å²) in [4.78, 5) is 0. The van der Waals surface area contributed by atoms with Gasteiger partial charge in [0.05, 0.1) is 19.3 Å². The highest BCUT2D eigenvalue weighted by atomic mass is 79.9. The number of benzene rings is 2. The third-order valence-electron chi connectivity index (χ3n) is 3.08. The van der Waals surface area contributed by atoms with E-state index < -0.39 is 0 Å². The molecule has 2 aromatic rings. The fourth-order valence-electron chi connectivity index (χ4n) is 2.05. The smallest absolute Gasteiger partial charge is 0.119 e. The van der Waals surface area contributed by atoms with Gasteiger partial charge in [0.2, 0.25) is 0 Å². The third kappa shape index (κ3) is 4.76. The average molecular weight is 350 g/mol. The van der Waals surface area contributed by atoms with Crippen molar-refractivity contribution in [3.05, 3.63) is 58.6 Å². The van der Waals surface area contributed by atoms with Crippen LogP contribution in [0.3, 0.4) is 0 Å². The van der Waals surface area contributed by atoms with Gasteiger partial charge < -0.3 is 15.2 Å². The molecule has 0 amide bonds. The van der Waals surface area contributed by atoms with E-state index in [4.69, 9.17) is 4.74 Å². The summed E-state index contributed by atoms with van der Waals surface area (Å²) in [5, 5.41) is 13.0. The van der Waals surface area contributed by atoms with E-state index in [-0.39, 0.29) is 12.6 Å². The van der Waals surface area contributed by atoms with Crippen molar-refractivity contribution in [2.45, 2.75) is 19.4 Å². The maximum absolute atomic E-state index is 9.66. The van der Waals surface area contributed by atoms with E-state index >= 15 is 0 Å². The number of rotatable bonds is 7. The van der Waals surface area contributed by atoms with Crippen molar-refractivity contribution >= 4 is 21.6 Å². The molecule has 2 aromatic carbocycles. The first-order chi connectivity index (χ1) is 10.2. The van der Waals surface area contributed by atoms with E-state index in [1.54, 1.807) is 0 Å². The molecule has 0 aliphatic heterocycles. The SMILES string of the molecule is CCCOc1cccc(C(CO)Nc2cccc(Br)c2)c1. The van der Waals surface area contributed by atoms with Gasteiger partial charge in [0.25, 0.3) is 0 Å². The summed E-state index contributed by atoms with van der Waals surface area (Å²) in [5.74, 6) is 0.837. The summed E-state index contributed by atoms with van der Waals surface area (Å²) in [5.41, 5.74) is 1.97. The van der Waals surface area contributed by atoms with E-state index in [0.717, 1.165) is 27.9 Å². The molecule has 1 unspecified atom stereocenters. The van der Waals surface area contributed by atoms with E-state index in [0.29, 0.717) is 6.61 Å². The number of ether oxygens (including phenoxy) is 1. The van der Waals surface area contributed by atoms with Crippen LogP contribution in [0.1, 0.15) is 24.9 Å². The lowest BCUT2D eigenvalue weighted by molar-refractivity contribution is 0.275. The zero-order valence-corrected chi connectivity index (χ0v) is 13.6. The minimum absolute atomic E-state index is 0.0176. The molecule has 0 fully saturated rings. The van der Waals surface area contributed by atoms with Crippen LogP contribution < -0.4 is 10.1 Å². The van der Waals surface area contributed by atoms with E-state index in [9.17, 15) is 5.11 Å². The zero-order chi connectivity index (χ0) is 15.1. The number of aliphatic hydroxyl groups is 1. The molecular weight excluding hydrogens is 330 g/mol. The van der Waals surface area contributed by atoms with Gasteiger partial charge in [-0.25, -0.2) is 0 Å². The van der Waals surface area contributed by atoms with Crippen LogP contribution in [0.5, 0.6) is 5.75 Å². The van der Waals surface area contributed by atoms with Crippen molar-refractivity contribution < 1.29 is 9.84 Å². The normalized spacial score (nSPS) is 12.0. The molecule has 2 N–H and O–H groups in total. The lowest BCUT2D eigenvalue weighted by Crippen LogP contribution is -2.15. The van der Waals surface area contributed by atoms with Crippen LogP contribution in [0.15, 0.2) is 53.0 Å². The predicted molar refractivity (Wildman–Crippen MR) is 89.8 cm³/mol. The van der Waals surface area contributed by atoms with Crippen molar-refractivity contribution in [2.24, 2.45) is 0 Å². The molecule has 0 spiro atoms. The molecule has 3 nitrogen and oxygen atoms in total. The Hall–Kier alpha value is -1.52. The molecular formula is C17H20BrNO2. The standard InChI is InChI=1S/C17H20BrNO2/c1-2-9-21-16-8-3-5-13(10-16)17(12-20)19-15-7-4-6-14(18)11-15/h3-8,10-11,17,19-20H,2,9,12H2,1H3. The van der Waals surface area contributed by atoms with Gasteiger partial charge in [-0.05, 0) is 42.3 Å². The highest BCUT2D eigenvalue weighted by Gasteiger charge is 2.11. The number of hydrogen-bond acceptors (Lipinski definition) is 3. The monoisotopic (exact) mass is 349 g/mol. The largest absolute Gasteiger partial charge is 0.494 e. The van der Waals surface area contributed by atoms with Crippen molar-refractivity contribution in [1.82, 2.24) is 0 Å². The van der Waals surface area contributed by atoms with Crippen LogP contribution in [-0.4, -0.2) is 18.3 Å². The molecule has 112 valence electrons. The number of anilines is 1.